The number of rotatable bonds is 3. The number of benzene rings is 2. The highest BCUT2D eigenvalue weighted by molar-refractivity contribution is 5.80. The second-order valence-electron chi connectivity index (χ2n) is 8.30. The summed E-state index contributed by atoms with van der Waals surface area (Å²) in [6, 6.07) is 12.1. The van der Waals surface area contributed by atoms with Gasteiger partial charge in [-0.2, -0.15) is 13.2 Å². The third-order valence-corrected chi connectivity index (χ3v) is 5.88. The van der Waals surface area contributed by atoms with Gasteiger partial charge in [0.15, 0.2) is 0 Å². The zero-order chi connectivity index (χ0) is 21.5. The van der Waals surface area contributed by atoms with Crippen LogP contribution in [-0.4, -0.2) is 29.5 Å². The number of hydrogen-bond acceptors (Lipinski definition) is 1. The Balaban J connectivity index is 1.51. The van der Waals surface area contributed by atoms with E-state index < -0.39 is 24.4 Å². The molecule has 30 heavy (non-hydrogen) atoms. The van der Waals surface area contributed by atoms with E-state index in [1.165, 1.54) is 12.1 Å². The van der Waals surface area contributed by atoms with Crippen LogP contribution in [0.1, 0.15) is 36.0 Å². The molecule has 2 aromatic carbocycles. The van der Waals surface area contributed by atoms with E-state index in [1.54, 1.807) is 17.0 Å². The molecule has 2 aromatic rings. The van der Waals surface area contributed by atoms with Crippen LogP contribution in [0.3, 0.4) is 0 Å². The standard InChI is InChI=1S/C23H22F5NO/c24-22(25)12-20(13-22)21(30)29-9-1-2-16-7-8-18(10-19(16)14-29)17-5-3-15(4-6-17)11-23(26,27)28/h3-8,10,20H,1-2,9,11-14H2. The van der Waals surface area contributed by atoms with Gasteiger partial charge in [-0.15, -0.1) is 0 Å². The van der Waals surface area contributed by atoms with Crippen LogP contribution in [0.25, 0.3) is 11.1 Å². The van der Waals surface area contributed by atoms with Crippen molar-refractivity contribution in [3.63, 3.8) is 0 Å². The fraction of sp³-hybridized carbons (Fsp3) is 0.435. The Morgan fingerprint density at radius 3 is 2.30 bits per heavy atom. The molecule has 2 nitrogen and oxygen atoms in total. The molecular weight excluding hydrogens is 401 g/mol. The van der Waals surface area contributed by atoms with Crippen molar-refractivity contribution in [1.29, 1.82) is 0 Å². The van der Waals surface area contributed by atoms with Crippen molar-refractivity contribution in [1.82, 2.24) is 4.90 Å². The van der Waals surface area contributed by atoms with Crippen molar-refractivity contribution in [2.75, 3.05) is 6.54 Å². The monoisotopic (exact) mass is 423 g/mol. The van der Waals surface area contributed by atoms with E-state index >= 15 is 0 Å². The zero-order valence-electron chi connectivity index (χ0n) is 16.3. The lowest BCUT2D eigenvalue weighted by atomic mass is 9.80. The highest BCUT2D eigenvalue weighted by atomic mass is 19.4. The van der Waals surface area contributed by atoms with Crippen molar-refractivity contribution >= 4 is 5.91 Å². The molecule has 0 bridgehead atoms. The smallest absolute Gasteiger partial charge is 0.338 e. The van der Waals surface area contributed by atoms with Crippen molar-refractivity contribution in [2.24, 2.45) is 5.92 Å². The van der Waals surface area contributed by atoms with Gasteiger partial charge < -0.3 is 4.90 Å². The van der Waals surface area contributed by atoms with E-state index in [-0.39, 0.29) is 24.3 Å². The predicted octanol–water partition coefficient (Wildman–Crippen LogP) is 5.78. The van der Waals surface area contributed by atoms with E-state index in [0.29, 0.717) is 13.1 Å². The maximum absolute atomic E-state index is 13.2. The van der Waals surface area contributed by atoms with E-state index in [9.17, 15) is 26.7 Å². The molecule has 1 amide bonds. The van der Waals surface area contributed by atoms with Crippen molar-refractivity contribution < 1.29 is 26.7 Å². The van der Waals surface area contributed by atoms with Crippen LogP contribution in [0, 0.1) is 5.92 Å². The highest BCUT2D eigenvalue weighted by Gasteiger charge is 2.49. The van der Waals surface area contributed by atoms with Crippen molar-refractivity contribution in [3.8, 4) is 11.1 Å². The van der Waals surface area contributed by atoms with Crippen molar-refractivity contribution in [2.45, 2.75) is 50.7 Å². The van der Waals surface area contributed by atoms with Gasteiger partial charge in [-0.05, 0) is 46.7 Å². The molecular formula is C23H22F5NO. The van der Waals surface area contributed by atoms with E-state index in [4.69, 9.17) is 0 Å². The lowest BCUT2D eigenvalue weighted by Gasteiger charge is -2.37. The maximum atomic E-state index is 13.2. The van der Waals surface area contributed by atoms with Gasteiger partial charge in [0.1, 0.15) is 0 Å². The maximum Gasteiger partial charge on any atom is 0.393 e. The lowest BCUT2D eigenvalue weighted by Crippen LogP contribution is -2.46. The second kappa shape index (κ2) is 7.67. The fourth-order valence-corrected chi connectivity index (χ4v) is 4.27. The normalized spacial score (nSPS) is 19.0. The van der Waals surface area contributed by atoms with Gasteiger partial charge in [-0.25, -0.2) is 8.78 Å². The average molecular weight is 423 g/mol. The molecule has 2 aliphatic rings. The zero-order valence-corrected chi connectivity index (χ0v) is 16.3. The molecule has 0 spiro atoms. The molecule has 1 fully saturated rings. The predicted molar refractivity (Wildman–Crippen MR) is 103 cm³/mol. The molecule has 0 unspecified atom stereocenters. The van der Waals surface area contributed by atoms with E-state index in [1.807, 2.05) is 18.2 Å². The third kappa shape index (κ3) is 4.65. The largest absolute Gasteiger partial charge is 0.393 e. The number of amides is 1. The minimum atomic E-state index is -4.24. The number of alkyl halides is 5. The van der Waals surface area contributed by atoms with Crippen molar-refractivity contribution in [3.05, 3.63) is 59.2 Å². The van der Waals surface area contributed by atoms with Crippen LogP contribution in [0.2, 0.25) is 0 Å². The number of carbonyl (C=O) groups is 1. The minimum Gasteiger partial charge on any atom is -0.338 e. The Labute approximate surface area is 171 Å². The van der Waals surface area contributed by atoms with Gasteiger partial charge >= 0.3 is 6.18 Å². The minimum absolute atomic E-state index is 0.204. The summed E-state index contributed by atoms with van der Waals surface area (Å²) in [5, 5.41) is 0. The summed E-state index contributed by atoms with van der Waals surface area (Å²) >= 11 is 0. The van der Waals surface area contributed by atoms with Gasteiger partial charge in [0.2, 0.25) is 11.8 Å². The van der Waals surface area contributed by atoms with Gasteiger partial charge in [-0.1, -0.05) is 36.4 Å². The number of hydrogen-bond donors (Lipinski definition) is 0. The summed E-state index contributed by atoms with van der Waals surface area (Å²) in [6.07, 6.45) is -4.39. The number of carbonyl (C=O) groups excluding carboxylic acids is 1. The Morgan fingerprint density at radius 1 is 1.00 bits per heavy atom. The Morgan fingerprint density at radius 2 is 1.67 bits per heavy atom. The van der Waals surface area contributed by atoms with Crippen LogP contribution in [-0.2, 0) is 24.2 Å². The Bertz CT molecular complexity index is 928. The van der Waals surface area contributed by atoms with E-state index in [0.717, 1.165) is 35.1 Å². The van der Waals surface area contributed by atoms with Crippen LogP contribution in [0.15, 0.2) is 42.5 Å². The molecule has 4 rings (SSSR count). The highest BCUT2D eigenvalue weighted by Crippen LogP contribution is 2.43. The first-order valence-corrected chi connectivity index (χ1v) is 10.0. The molecule has 1 heterocycles. The van der Waals surface area contributed by atoms with Gasteiger partial charge in [0.25, 0.3) is 0 Å². The Kier molecular flexibility index (Phi) is 5.32. The van der Waals surface area contributed by atoms with Crippen LogP contribution in [0.5, 0.6) is 0 Å². The van der Waals surface area contributed by atoms with Gasteiger partial charge in [0.05, 0.1) is 6.42 Å². The average Bonchev–Trinajstić information content (AvgIpc) is 2.86. The number of nitrogens with zero attached hydrogens (tertiary/aromatic N) is 1. The number of fused-ring (bicyclic) bond motifs is 1. The Hall–Kier alpha value is -2.44. The summed E-state index contributed by atoms with van der Waals surface area (Å²) < 4.78 is 64.0. The van der Waals surface area contributed by atoms with Gasteiger partial charge in [0, 0.05) is 31.8 Å². The number of aryl methyl sites for hydroxylation is 1. The molecule has 1 saturated carbocycles. The molecule has 0 aromatic heterocycles. The quantitative estimate of drug-likeness (QED) is 0.574. The molecule has 0 N–H and O–H groups in total. The second-order valence-corrected chi connectivity index (χ2v) is 8.30. The van der Waals surface area contributed by atoms with Crippen LogP contribution >= 0.6 is 0 Å². The summed E-state index contributed by atoms with van der Waals surface area (Å²) in [4.78, 5) is 14.3. The SMILES string of the molecule is O=C(C1CC(F)(F)C1)N1CCCc2ccc(-c3ccc(CC(F)(F)F)cc3)cc2C1. The molecule has 160 valence electrons. The van der Waals surface area contributed by atoms with Crippen LogP contribution < -0.4 is 0 Å². The topological polar surface area (TPSA) is 20.3 Å². The summed E-state index contributed by atoms with van der Waals surface area (Å²) in [5.41, 5.74) is 3.93. The fourth-order valence-electron chi connectivity index (χ4n) is 4.27. The molecule has 1 aliphatic heterocycles. The summed E-state index contributed by atoms with van der Waals surface area (Å²) in [5.74, 6) is -3.54. The first-order chi connectivity index (χ1) is 14.1. The molecule has 0 atom stereocenters. The third-order valence-electron chi connectivity index (χ3n) is 5.88. The molecule has 1 aliphatic carbocycles. The molecule has 7 heteroatoms. The first kappa shape index (κ1) is 20.8. The lowest BCUT2D eigenvalue weighted by molar-refractivity contribution is -0.160. The van der Waals surface area contributed by atoms with Crippen LogP contribution in [0.4, 0.5) is 22.0 Å². The first-order valence-electron chi connectivity index (χ1n) is 10.0. The molecule has 0 saturated heterocycles. The molecule has 0 radical (unpaired) electrons. The summed E-state index contributed by atoms with van der Waals surface area (Å²) in [7, 11) is 0. The summed E-state index contributed by atoms with van der Waals surface area (Å²) in [6.45, 7) is 0.910. The van der Waals surface area contributed by atoms with Gasteiger partial charge in [-0.3, -0.25) is 4.79 Å². The van der Waals surface area contributed by atoms with E-state index in [2.05, 4.69) is 0 Å². The number of halogens is 5.